The van der Waals surface area contributed by atoms with Gasteiger partial charge in [0.2, 0.25) is 0 Å². The van der Waals surface area contributed by atoms with E-state index in [-0.39, 0.29) is 0 Å². The summed E-state index contributed by atoms with van der Waals surface area (Å²) >= 11 is 0. The van der Waals surface area contributed by atoms with Gasteiger partial charge in [0, 0.05) is 25.4 Å². The number of nitrogens with zero attached hydrogens (tertiary/aromatic N) is 1. The topological polar surface area (TPSA) is 23.5 Å². The molecule has 1 N–H and O–H groups in total. The van der Waals surface area contributed by atoms with Crippen LogP contribution in [0.25, 0.3) is 0 Å². The van der Waals surface area contributed by atoms with Crippen molar-refractivity contribution in [2.45, 2.75) is 33.6 Å². The van der Waals surface area contributed by atoms with E-state index in [2.05, 4.69) is 37.8 Å². The van der Waals surface area contributed by atoms with Crippen LogP contribution in [0.5, 0.6) is 0 Å². The quantitative estimate of drug-likeness (QED) is 0.849. The molecule has 1 heterocycles. The van der Waals surface area contributed by atoms with Crippen molar-refractivity contribution in [1.29, 1.82) is 0 Å². The molecule has 0 spiro atoms. The van der Waals surface area contributed by atoms with Gasteiger partial charge in [-0.1, -0.05) is 17.7 Å². The zero-order valence-electron chi connectivity index (χ0n) is 11.2. The van der Waals surface area contributed by atoms with Crippen LogP contribution in [0, 0.1) is 26.7 Å². The van der Waals surface area contributed by atoms with Crippen LogP contribution in [0.1, 0.15) is 29.5 Å². The molecule has 1 saturated heterocycles. The number of piperidine rings is 1. The minimum atomic E-state index is 0.347. The summed E-state index contributed by atoms with van der Waals surface area (Å²) in [5, 5.41) is 9.17. The Labute approximate surface area is 104 Å². The third-order valence-electron chi connectivity index (χ3n) is 3.82. The van der Waals surface area contributed by atoms with Gasteiger partial charge in [0.1, 0.15) is 0 Å². The average Bonchev–Trinajstić information content (AvgIpc) is 2.28. The summed E-state index contributed by atoms with van der Waals surface area (Å²) < 4.78 is 0. The van der Waals surface area contributed by atoms with Crippen LogP contribution in [-0.4, -0.2) is 24.8 Å². The lowest BCUT2D eigenvalue weighted by Gasteiger charge is -2.35. The maximum Gasteiger partial charge on any atom is 0.0460 e. The molecule has 0 amide bonds. The van der Waals surface area contributed by atoms with Gasteiger partial charge in [-0.15, -0.1) is 0 Å². The molecule has 1 aromatic carbocycles. The summed E-state index contributed by atoms with van der Waals surface area (Å²) in [6.07, 6.45) is 2.23. The summed E-state index contributed by atoms with van der Waals surface area (Å²) in [5.41, 5.74) is 5.51. The molecule has 1 fully saturated rings. The van der Waals surface area contributed by atoms with E-state index in [0.29, 0.717) is 12.5 Å². The smallest absolute Gasteiger partial charge is 0.0460 e. The van der Waals surface area contributed by atoms with Gasteiger partial charge in [-0.25, -0.2) is 0 Å². The SMILES string of the molecule is Cc1cc(C)c(N2CCC(CO)CC2)c(C)c1. The molecule has 1 aromatic rings. The number of rotatable bonds is 2. The van der Waals surface area contributed by atoms with E-state index in [0.717, 1.165) is 25.9 Å². The van der Waals surface area contributed by atoms with Crippen LogP contribution in [0.15, 0.2) is 12.1 Å². The van der Waals surface area contributed by atoms with Gasteiger partial charge in [0.25, 0.3) is 0 Å². The van der Waals surface area contributed by atoms with Crippen molar-refractivity contribution in [3.63, 3.8) is 0 Å². The summed E-state index contributed by atoms with van der Waals surface area (Å²) in [7, 11) is 0. The molecule has 94 valence electrons. The number of hydrogen-bond acceptors (Lipinski definition) is 2. The molecule has 2 nitrogen and oxygen atoms in total. The highest BCUT2D eigenvalue weighted by Gasteiger charge is 2.20. The van der Waals surface area contributed by atoms with Crippen LogP contribution in [0.2, 0.25) is 0 Å². The van der Waals surface area contributed by atoms with Crippen molar-refractivity contribution >= 4 is 5.69 Å². The Bertz CT molecular complexity index is 369. The van der Waals surface area contributed by atoms with Crippen molar-refractivity contribution in [3.05, 3.63) is 28.8 Å². The van der Waals surface area contributed by atoms with Gasteiger partial charge in [-0.2, -0.15) is 0 Å². The van der Waals surface area contributed by atoms with E-state index in [1.807, 2.05) is 0 Å². The maximum absolute atomic E-state index is 9.17. The van der Waals surface area contributed by atoms with Crippen molar-refractivity contribution in [2.24, 2.45) is 5.92 Å². The highest BCUT2D eigenvalue weighted by atomic mass is 16.3. The molecule has 1 aliphatic rings. The molecule has 0 radical (unpaired) electrons. The van der Waals surface area contributed by atoms with Gasteiger partial charge in [0.05, 0.1) is 0 Å². The summed E-state index contributed by atoms with van der Waals surface area (Å²) in [6.45, 7) is 9.06. The zero-order chi connectivity index (χ0) is 12.4. The molecule has 2 heteroatoms. The zero-order valence-corrected chi connectivity index (χ0v) is 11.2. The maximum atomic E-state index is 9.17. The first-order valence-corrected chi connectivity index (χ1v) is 6.55. The van der Waals surface area contributed by atoms with E-state index >= 15 is 0 Å². The highest BCUT2D eigenvalue weighted by molar-refractivity contribution is 5.60. The first-order chi connectivity index (χ1) is 8.11. The second kappa shape index (κ2) is 5.09. The minimum Gasteiger partial charge on any atom is -0.396 e. The van der Waals surface area contributed by atoms with Crippen LogP contribution in [0.3, 0.4) is 0 Å². The van der Waals surface area contributed by atoms with Crippen molar-refractivity contribution < 1.29 is 5.11 Å². The predicted molar refractivity (Wildman–Crippen MR) is 72.7 cm³/mol. The Morgan fingerprint density at radius 3 is 2.12 bits per heavy atom. The van der Waals surface area contributed by atoms with Crippen molar-refractivity contribution in [2.75, 3.05) is 24.6 Å². The monoisotopic (exact) mass is 233 g/mol. The second-order valence-corrected chi connectivity index (χ2v) is 5.36. The second-order valence-electron chi connectivity index (χ2n) is 5.36. The Hall–Kier alpha value is -1.02. The molecule has 17 heavy (non-hydrogen) atoms. The Morgan fingerprint density at radius 1 is 1.12 bits per heavy atom. The fourth-order valence-corrected chi connectivity index (χ4v) is 3.01. The molecule has 0 atom stereocenters. The molecule has 1 aliphatic heterocycles. The van der Waals surface area contributed by atoms with E-state index < -0.39 is 0 Å². The molecular formula is C15H23NO. The number of anilines is 1. The molecule has 0 unspecified atom stereocenters. The van der Waals surface area contributed by atoms with Gasteiger partial charge in [-0.05, 0) is 50.7 Å². The lowest BCUT2D eigenvalue weighted by atomic mass is 9.95. The van der Waals surface area contributed by atoms with E-state index in [9.17, 15) is 5.11 Å². The van der Waals surface area contributed by atoms with Crippen molar-refractivity contribution in [3.8, 4) is 0 Å². The summed E-state index contributed by atoms with van der Waals surface area (Å²) in [5.74, 6) is 0.511. The lowest BCUT2D eigenvalue weighted by Crippen LogP contribution is -2.35. The standard InChI is InChI=1S/C15H23NO/c1-11-8-12(2)15(13(3)9-11)16-6-4-14(10-17)5-7-16/h8-9,14,17H,4-7,10H2,1-3H3. The fourth-order valence-electron chi connectivity index (χ4n) is 3.01. The third kappa shape index (κ3) is 2.63. The molecule has 0 aromatic heterocycles. The van der Waals surface area contributed by atoms with Crippen LogP contribution in [-0.2, 0) is 0 Å². The predicted octanol–water partition coefficient (Wildman–Crippen LogP) is 2.82. The first-order valence-electron chi connectivity index (χ1n) is 6.55. The van der Waals surface area contributed by atoms with E-state index in [4.69, 9.17) is 0 Å². The number of benzene rings is 1. The molecule has 0 saturated carbocycles. The molecular weight excluding hydrogens is 210 g/mol. The number of aliphatic hydroxyl groups is 1. The van der Waals surface area contributed by atoms with E-state index in [1.54, 1.807) is 0 Å². The summed E-state index contributed by atoms with van der Waals surface area (Å²) in [6, 6.07) is 4.53. The normalized spacial score (nSPS) is 17.5. The summed E-state index contributed by atoms with van der Waals surface area (Å²) in [4.78, 5) is 2.48. The van der Waals surface area contributed by atoms with Gasteiger partial charge >= 0.3 is 0 Å². The van der Waals surface area contributed by atoms with Gasteiger partial charge in [0.15, 0.2) is 0 Å². The molecule has 2 rings (SSSR count). The van der Waals surface area contributed by atoms with Gasteiger partial charge in [-0.3, -0.25) is 0 Å². The third-order valence-corrected chi connectivity index (χ3v) is 3.82. The van der Waals surface area contributed by atoms with Crippen LogP contribution >= 0.6 is 0 Å². The lowest BCUT2D eigenvalue weighted by molar-refractivity contribution is 0.203. The molecule has 0 aliphatic carbocycles. The van der Waals surface area contributed by atoms with Crippen LogP contribution in [0.4, 0.5) is 5.69 Å². The Kier molecular flexibility index (Phi) is 3.72. The number of aliphatic hydroxyl groups excluding tert-OH is 1. The van der Waals surface area contributed by atoms with Crippen molar-refractivity contribution in [1.82, 2.24) is 0 Å². The van der Waals surface area contributed by atoms with Gasteiger partial charge < -0.3 is 10.0 Å². The largest absolute Gasteiger partial charge is 0.396 e. The average molecular weight is 233 g/mol. The molecule has 0 bridgehead atoms. The Morgan fingerprint density at radius 2 is 1.65 bits per heavy atom. The number of hydrogen-bond donors (Lipinski definition) is 1. The minimum absolute atomic E-state index is 0.347. The van der Waals surface area contributed by atoms with E-state index in [1.165, 1.54) is 22.4 Å². The van der Waals surface area contributed by atoms with Crippen LogP contribution < -0.4 is 4.90 Å². The number of aryl methyl sites for hydroxylation is 3. The first kappa shape index (κ1) is 12.4. The Balaban J connectivity index is 2.18. The fraction of sp³-hybridized carbons (Fsp3) is 0.600. The highest BCUT2D eigenvalue weighted by Crippen LogP contribution is 2.29.